The van der Waals surface area contributed by atoms with Gasteiger partial charge in [-0.3, -0.25) is 15.0 Å². The molecule has 1 amide bonds. The molecule has 1 aliphatic rings. The highest BCUT2D eigenvalue weighted by molar-refractivity contribution is 5.84. The fraction of sp³-hybridized carbons (Fsp3) is 0.158. The molecule has 8 heteroatoms. The zero-order valence-electron chi connectivity index (χ0n) is 13.9. The highest BCUT2D eigenvalue weighted by Gasteiger charge is 2.57. The molecule has 2 heterocycles. The molecule has 3 aromatic rings. The smallest absolute Gasteiger partial charge is 0.247 e. The van der Waals surface area contributed by atoms with Crippen LogP contribution in [0.1, 0.15) is 23.0 Å². The fourth-order valence-electron chi connectivity index (χ4n) is 3.44. The highest BCUT2D eigenvalue weighted by Crippen LogP contribution is 2.60. The summed E-state index contributed by atoms with van der Waals surface area (Å²) in [6.45, 7) is 0. The molecule has 1 fully saturated rings. The second kappa shape index (κ2) is 6.81. The van der Waals surface area contributed by atoms with Crippen LogP contribution in [0.2, 0.25) is 0 Å². The Balaban J connectivity index is 1.64. The van der Waals surface area contributed by atoms with E-state index >= 15 is 0 Å². The van der Waals surface area contributed by atoms with Crippen molar-refractivity contribution in [1.29, 1.82) is 0 Å². The lowest BCUT2D eigenvalue weighted by Crippen LogP contribution is -2.21. The second-order valence-electron chi connectivity index (χ2n) is 6.28. The minimum atomic E-state index is -0.596. The van der Waals surface area contributed by atoms with Crippen molar-refractivity contribution in [2.24, 2.45) is 5.92 Å². The molecule has 1 aromatic carbocycles. The maximum atomic E-state index is 14.2. The van der Waals surface area contributed by atoms with Crippen LogP contribution in [0.15, 0.2) is 55.0 Å². The highest BCUT2D eigenvalue weighted by atomic mass is 19.1. The molecule has 0 radical (unpaired) electrons. The zero-order valence-corrected chi connectivity index (χ0v) is 13.9. The average Bonchev–Trinajstić information content (AvgIpc) is 3.44. The van der Waals surface area contributed by atoms with Crippen LogP contribution < -0.4 is 5.48 Å². The Morgan fingerprint density at radius 1 is 0.963 bits per heavy atom. The Labute approximate surface area is 152 Å². The lowest BCUT2D eigenvalue weighted by Gasteiger charge is -2.03. The Morgan fingerprint density at radius 2 is 1.70 bits per heavy atom. The van der Waals surface area contributed by atoms with Crippen LogP contribution in [-0.2, 0) is 4.79 Å². The molecule has 6 nitrogen and oxygen atoms in total. The summed E-state index contributed by atoms with van der Waals surface area (Å²) in [5.41, 5.74) is 3.24. The molecular weight excluding hydrogens is 354 g/mol. The van der Waals surface area contributed by atoms with E-state index in [1.807, 2.05) is 0 Å². The zero-order chi connectivity index (χ0) is 19.0. The minimum Gasteiger partial charge on any atom is -0.289 e. The van der Waals surface area contributed by atoms with Gasteiger partial charge < -0.3 is 0 Å². The number of rotatable bonds is 4. The summed E-state index contributed by atoms with van der Waals surface area (Å²) in [5.74, 6) is -2.54. The number of hydroxylamine groups is 1. The van der Waals surface area contributed by atoms with E-state index in [1.54, 1.807) is 42.0 Å². The molecule has 2 aromatic heterocycles. The first-order valence-corrected chi connectivity index (χ1v) is 8.22. The monoisotopic (exact) mass is 368 g/mol. The van der Waals surface area contributed by atoms with Gasteiger partial charge in [0.25, 0.3) is 0 Å². The van der Waals surface area contributed by atoms with Gasteiger partial charge in [0.1, 0.15) is 11.5 Å². The molecule has 0 bridgehead atoms. The Morgan fingerprint density at radius 3 is 2.33 bits per heavy atom. The van der Waals surface area contributed by atoms with Gasteiger partial charge in [-0.1, -0.05) is 24.3 Å². The molecule has 27 heavy (non-hydrogen) atoms. The van der Waals surface area contributed by atoms with Gasteiger partial charge in [0, 0.05) is 18.0 Å². The largest absolute Gasteiger partial charge is 0.289 e. The van der Waals surface area contributed by atoms with Gasteiger partial charge in [0.05, 0.1) is 18.3 Å². The molecule has 1 aliphatic carbocycles. The van der Waals surface area contributed by atoms with Crippen LogP contribution in [0.3, 0.4) is 0 Å². The molecular formula is C19H14F2N4O2. The Bertz CT molecular complexity index is 980. The number of carbonyl (C=O) groups excluding carboxylic acids is 1. The van der Waals surface area contributed by atoms with Gasteiger partial charge in [0.2, 0.25) is 5.91 Å². The van der Waals surface area contributed by atoms with Crippen LogP contribution in [0.5, 0.6) is 0 Å². The number of hydrogen-bond donors (Lipinski definition) is 2. The number of amides is 1. The fourth-order valence-corrected chi connectivity index (χ4v) is 3.44. The van der Waals surface area contributed by atoms with Crippen molar-refractivity contribution >= 4 is 5.91 Å². The second-order valence-corrected chi connectivity index (χ2v) is 6.28. The lowest BCUT2D eigenvalue weighted by molar-refractivity contribution is -0.130. The lowest BCUT2D eigenvalue weighted by atomic mass is 10.1. The first-order chi connectivity index (χ1) is 13.1. The van der Waals surface area contributed by atoms with Crippen molar-refractivity contribution in [3.05, 3.63) is 77.8 Å². The summed E-state index contributed by atoms with van der Waals surface area (Å²) < 4.78 is 27.1. The third-order valence-electron chi connectivity index (χ3n) is 4.72. The molecule has 0 unspecified atom stereocenters. The number of hydrogen-bond acceptors (Lipinski definition) is 5. The summed E-state index contributed by atoms with van der Waals surface area (Å²) in [5, 5.41) is 9.00. The van der Waals surface area contributed by atoms with Gasteiger partial charge in [-0.25, -0.2) is 24.2 Å². The van der Waals surface area contributed by atoms with E-state index in [0.29, 0.717) is 11.3 Å². The van der Waals surface area contributed by atoms with E-state index < -0.39 is 29.4 Å². The predicted octanol–water partition coefficient (Wildman–Crippen LogP) is 2.82. The maximum absolute atomic E-state index is 14.2. The number of nitrogens with zero attached hydrogens (tertiary/aromatic N) is 3. The maximum Gasteiger partial charge on any atom is 0.247 e. The molecule has 3 atom stereocenters. The molecule has 4 rings (SSSR count). The van der Waals surface area contributed by atoms with Crippen molar-refractivity contribution in [1.82, 2.24) is 20.4 Å². The number of halogens is 2. The van der Waals surface area contributed by atoms with Gasteiger partial charge in [-0.2, -0.15) is 0 Å². The van der Waals surface area contributed by atoms with Crippen molar-refractivity contribution in [3.63, 3.8) is 0 Å². The molecule has 0 aliphatic heterocycles. The Kier molecular flexibility index (Phi) is 4.33. The van der Waals surface area contributed by atoms with Crippen LogP contribution in [0.4, 0.5) is 8.78 Å². The number of pyridine rings is 1. The van der Waals surface area contributed by atoms with E-state index in [9.17, 15) is 13.6 Å². The average molecular weight is 368 g/mol. The summed E-state index contributed by atoms with van der Waals surface area (Å²) in [6.07, 6.45) is 3.66. The van der Waals surface area contributed by atoms with Gasteiger partial charge in [-0.05, 0) is 23.3 Å². The molecule has 136 valence electrons. The van der Waals surface area contributed by atoms with Crippen molar-refractivity contribution in [2.45, 2.75) is 11.8 Å². The number of aromatic nitrogens is 3. The van der Waals surface area contributed by atoms with E-state index in [2.05, 4.69) is 15.0 Å². The first kappa shape index (κ1) is 17.2. The molecule has 0 saturated heterocycles. The van der Waals surface area contributed by atoms with Crippen LogP contribution in [0, 0.1) is 17.6 Å². The SMILES string of the molecule is O=C(NO)[C@H]1[C@H](c2ccc(-c3ncc(F)cn3)nc2)[C@H]1c1ccccc1F. The summed E-state index contributed by atoms with van der Waals surface area (Å²) >= 11 is 0. The van der Waals surface area contributed by atoms with E-state index in [-0.39, 0.29) is 11.7 Å². The van der Waals surface area contributed by atoms with E-state index in [4.69, 9.17) is 5.21 Å². The van der Waals surface area contributed by atoms with Gasteiger partial charge in [-0.15, -0.1) is 0 Å². The third kappa shape index (κ3) is 3.15. The van der Waals surface area contributed by atoms with Crippen molar-refractivity contribution in [3.8, 4) is 11.5 Å². The number of carbonyl (C=O) groups is 1. The first-order valence-electron chi connectivity index (χ1n) is 8.22. The quantitative estimate of drug-likeness (QED) is 0.546. The van der Waals surface area contributed by atoms with E-state index in [0.717, 1.165) is 18.0 Å². The van der Waals surface area contributed by atoms with Gasteiger partial charge >= 0.3 is 0 Å². The van der Waals surface area contributed by atoms with Crippen LogP contribution in [-0.4, -0.2) is 26.1 Å². The summed E-state index contributed by atoms with van der Waals surface area (Å²) in [6, 6.07) is 9.66. The standard InChI is InChI=1S/C19H14F2N4O2/c20-11-8-23-18(24-9-11)14-6-5-10(7-22-14)15-16(17(15)19(26)25-27)12-3-1-2-4-13(12)21/h1-9,15-17,27H,(H,25,26)/t15-,16-,17+/m1/s1. The normalized spacial score (nSPS) is 20.9. The Hall–Kier alpha value is -3.26. The van der Waals surface area contributed by atoms with Crippen LogP contribution >= 0.6 is 0 Å². The molecule has 2 N–H and O–H groups in total. The van der Waals surface area contributed by atoms with Crippen molar-refractivity contribution in [2.75, 3.05) is 0 Å². The summed E-state index contributed by atoms with van der Waals surface area (Å²) in [7, 11) is 0. The molecule has 0 spiro atoms. The van der Waals surface area contributed by atoms with Crippen LogP contribution in [0.25, 0.3) is 11.5 Å². The van der Waals surface area contributed by atoms with Gasteiger partial charge in [0.15, 0.2) is 11.6 Å². The molecule has 1 saturated carbocycles. The van der Waals surface area contributed by atoms with Crippen molar-refractivity contribution < 1.29 is 18.8 Å². The number of nitrogens with one attached hydrogen (secondary N) is 1. The topological polar surface area (TPSA) is 88.0 Å². The summed E-state index contributed by atoms with van der Waals surface area (Å²) in [4.78, 5) is 24.0. The van der Waals surface area contributed by atoms with E-state index in [1.165, 1.54) is 6.07 Å². The minimum absolute atomic E-state index is 0.272. The third-order valence-corrected chi connectivity index (χ3v) is 4.72. The number of benzene rings is 1. The predicted molar refractivity (Wildman–Crippen MR) is 90.5 cm³/mol.